The molecule has 0 spiro atoms. The maximum Gasteiger partial charge on any atom is 0.196 e. The topological polar surface area (TPSA) is 72.8 Å². The number of ketones is 1. The number of thioether (sulfide) groups is 1. The van der Waals surface area contributed by atoms with Crippen molar-refractivity contribution in [3.8, 4) is 22.8 Å². The van der Waals surface area contributed by atoms with Crippen LogP contribution in [0.25, 0.3) is 17.1 Å². The summed E-state index contributed by atoms with van der Waals surface area (Å²) in [6, 6.07) is 21.1. The van der Waals surface area contributed by atoms with Crippen molar-refractivity contribution in [2.45, 2.75) is 5.16 Å². The minimum Gasteiger partial charge on any atom is -0.497 e. The molecule has 0 saturated heterocycles. The molecule has 0 aliphatic heterocycles. The number of nitrogens with one attached hydrogen (secondary N) is 1. The minimum absolute atomic E-state index is 0.0144. The van der Waals surface area contributed by atoms with Gasteiger partial charge in [0, 0.05) is 17.4 Å². The summed E-state index contributed by atoms with van der Waals surface area (Å²) in [7, 11) is 1.63. The monoisotopic (exact) mass is 390 g/mol. The van der Waals surface area contributed by atoms with E-state index in [-0.39, 0.29) is 11.5 Å². The Bertz CT molecular complexity index is 1080. The first-order chi connectivity index (χ1) is 13.8. The lowest BCUT2D eigenvalue weighted by atomic mass is 10.2. The van der Waals surface area contributed by atoms with E-state index in [1.165, 1.54) is 11.8 Å². The van der Waals surface area contributed by atoms with Crippen molar-refractivity contribution in [3.63, 3.8) is 0 Å². The van der Waals surface area contributed by atoms with Gasteiger partial charge in [0.2, 0.25) is 0 Å². The van der Waals surface area contributed by atoms with Gasteiger partial charge in [0.1, 0.15) is 5.75 Å². The summed E-state index contributed by atoms with van der Waals surface area (Å²) in [6.07, 6.45) is 1.74. The van der Waals surface area contributed by atoms with Crippen molar-refractivity contribution < 1.29 is 9.53 Å². The Morgan fingerprint density at radius 2 is 1.93 bits per heavy atom. The molecular weight excluding hydrogens is 372 g/mol. The number of benzene rings is 2. The highest BCUT2D eigenvalue weighted by Gasteiger charge is 2.18. The van der Waals surface area contributed by atoms with Crippen molar-refractivity contribution in [2.24, 2.45) is 0 Å². The maximum atomic E-state index is 12.4. The molecule has 0 aliphatic carbocycles. The molecule has 0 atom stereocenters. The number of carbonyl (C=O) groups excluding carboxylic acids is 1. The summed E-state index contributed by atoms with van der Waals surface area (Å²) >= 11 is 1.36. The van der Waals surface area contributed by atoms with Crippen LogP contribution in [0.4, 0.5) is 0 Å². The van der Waals surface area contributed by atoms with E-state index >= 15 is 0 Å². The standard InChI is InChI=1S/C21H18N4O2S/c1-27-17-10-5-7-15(13-17)20-23-24-21(25(20)16-8-3-2-4-9-16)28-14-19(26)18-11-6-12-22-18/h2-13,22H,14H2,1H3. The van der Waals surface area contributed by atoms with Gasteiger partial charge in [-0.1, -0.05) is 42.1 Å². The average Bonchev–Trinajstić information content (AvgIpc) is 3.43. The summed E-state index contributed by atoms with van der Waals surface area (Å²) in [4.78, 5) is 15.3. The second-order valence-corrected chi connectivity index (χ2v) is 6.95. The van der Waals surface area contributed by atoms with Crippen molar-refractivity contribution in [1.82, 2.24) is 19.7 Å². The first-order valence-electron chi connectivity index (χ1n) is 8.71. The summed E-state index contributed by atoms with van der Waals surface area (Å²) in [5.41, 5.74) is 2.41. The predicted molar refractivity (Wildman–Crippen MR) is 109 cm³/mol. The highest BCUT2D eigenvalue weighted by Crippen LogP contribution is 2.29. The number of carbonyl (C=O) groups is 1. The Morgan fingerprint density at radius 1 is 1.07 bits per heavy atom. The molecule has 1 N–H and O–H groups in total. The number of Topliss-reactive ketones (excluding diaryl/α,β-unsaturated/α-hetero) is 1. The molecule has 0 bridgehead atoms. The zero-order chi connectivity index (χ0) is 19.3. The maximum absolute atomic E-state index is 12.4. The van der Waals surface area contributed by atoms with Gasteiger partial charge in [-0.15, -0.1) is 10.2 Å². The van der Waals surface area contributed by atoms with Crippen LogP contribution in [0.3, 0.4) is 0 Å². The third-order valence-electron chi connectivity index (χ3n) is 4.21. The molecule has 0 radical (unpaired) electrons. The summed E-state index contributed by atoms with van der Waals surface area (Å²) < 4.78 is 7.30. The smallest absolute Gasteiger partial charge is 0.196 e. The van der Waals surface area contributed by atoms with E-state index in [1.807, 2.05) is 65.2 Å². The van der Waals surface area contributed by atoms with Gasteiger partial charge in [0.05, 0.1) is 18.6 Å². The number of hydrogen-bond donors (Lipinski definition) is 1. The quantitative estimate of drug-likeness (QED) is 0.377. The fourth-order valence-corrected chi connectivity index (χ4v) is 3.67. The van der Waals surface area contributed by atoms with Crippen molar-refractivity contribution in [2.75, 3.05) is 12.9 Å². The molecule has 2 aromatic heterocycles. The number of methoxy groups -OCH3 is 1. The first kappa shape index (κ1) is 18.1. The van der Waals surface area contributed by atoms with Gasteiger partial charge in [-0.2, -0.15) is 0 Å². The van der Waals surface area contributed by atoms with Crippen LogP contribution >= 0.6 is 11.8 Å². The highest BCUT2D eigenvalue weighted by atomic mass is 32.2. The summed E-state index contributed by atoms with van der Waals surface area (Å²) in [5, 5.41) is 9.40. The van der Waals surface area contributed by atoms with E-state index in [4.69, 9.17) is 4.74 Å². The number of H-pyrrole nitrogens is 1. The van der Waals surface area contributed by atoms with Crippen molar-refractivity contribution in [3.05, 3.63) is 78.6 Å². The van der Waals surface area contributed by atoms with E-state index in [2.05, 4.69) is 15.2 Å². The van der Waals surface area contributed by atoms with Gasteiger partial charge in [0.15, 0.2) is 16.8 Å². The second-order valence-electron chi connectivity index (χ2n) is 6.00. The van der Waals surface area contributed by atoms with Crippen LogP contribution < -0.4 is 4.74 Å². The average molecular weight is 390 g/mol. The van der Waals surface area contributed by atoms with Crippen LogP contribution in [0.2, 0.25) is 0 Å². The number of aromatic amines is 1. The Balaban J connectivity index is 1.70. The van der Waals surface area contributed by atoms with E-state index in [0.717, 1.165) is 17.0 Å². The number of hydrogen-bond acceptors (Lipinski definition) is 5. The van der Waals surface area contributed by atoms with E-state index in [0.29, 0.717) is 16.7 Å². The number of ether oxygens (including phenoxy) is 1. The van der Waals surface area contributed by atoms with Crippen molar-refractivity contribution in [1.29, 1.82) is 0 Å². The third-order valence-corrected chi connectivity index (χ3v) is 5.14. The molecule has 0 fully saturated rings. The van der Waals surface area contributed by atoms with Crippen LogP contribution in [-0.4, -0.2) is 38.4 Å². The van der Waals surface area contributed by atoms with Crippen LogP contribution in [0.15, 0.2) is 78.1 Å². The Kier molecular flexibility index (Phi) is 5.25. The zero-order valence-electron chi connectivity index (χ0n) is 15.2. The van der Waals surface area contributed by atoms with Gasteiger partial charge in [0.25, 0.3) is 0 Å². The van der Waals surface area contributed by atoms with E-state index in [9.17, 15) is 4.79 Å². The number of nitrogens with zero attached hydrogens (tertiary/aromatic N) is 3. The third kappa shape index (κ3) is 3.70. The molecule has 4 aromatic rings. The lowest BCUT2D eigenvalue weighted by Gasteiger charge is -2.10. The first-order valence-corrected chi connectivity index (χ1v) is 9.69. The fourth-order valence-electron chi connectivity index (χ4n) is 2.83. The molecule has 2 aromatic carbocycles. The molecule has 0 unspecified atom stereocenters. The predicted octanol–water partition coefficient (Wildman–Crippen LogP) is 4.25. The molecule has 0 amide bonds. The Hall–Kier alpha value is -3.32. The lowest BCUT2D eigenvalue weighted by molar-refractivity contribution is 0.101. The molecule has 28 heavy (non-hydrogen) atoms. The van der Waals surface area contributed by atoms with Crippen molar-refractivity contribution >= 4 is 17.5 Å². The Morgan fingerprint density at radius 3 is 2.68 bits per heavy atom. The number of para-hydroxylation sites is 1. The summed E-state index contributed by atoms with van der Waals surface area (Å²) in [5.74, 6) is 1.72. The molecule has 0 saturated carbocycles. The number of aromatic nitrogens is 4. The van der Waals surface area contributed by atoms with Gasteiger partial charge < -0.3 is 9.72 Å². The molecule has 6 nitrogen and oxygen atoms in total. The van der Waals surface area contributed by atoms with Crippen LogP contribution in [0, 0.1) is 0 Å². The highest BCUT2D eigenvalue weighted by molar-refractivity contribution is 7.99. The Labute approximate surface area is 166 Å². The van der Waals surface area contributed by atoms with Crippen LogP contribution in [-0.2, 0) is 0 Å². The largest absolute Gasteiger partial charge is 0.497 e. The molecule has 4 rings (SSSR count). The van der Waals surface area contributed by atoms with Crippen LogP contribution in [0.5, 0.6) is 5.75 Å². The van der Waals surface area contributed by atoms with Gasteiger partial charge >= 0.3 is 0 Å². The minimum atomic E-state index is 0.0144. The SMILES string of the molecule is COc1cccc(-c2nnc(SCC(=O)c3ccc[nH]3)n2-c2ccccc2)c1. The van der Waals surface area contributed by atoms with Crippen LogP contribution in [0.1, 0.15) is 10.5 Å². The fraction of sp³-hybridized carbons (Fsp3) is 0.0952. The van der Waals surface area contributed by atoms with E-state index in [1.54, 1.807) is 19.4 Å². The summed E-state index contributed by atoms with van der Waals surface area (Å²) in [6.45, 7) is 0. The van der Waals surface area contributed by atoms with Gasteiger partial charge in [-0.25, -0.2) is 0 Å². The molecule has 140 valence electrons. The lowest BCUT2D eigenvalue weighted by Crippen LogP contribution is -2.05. The molecule has 2 heterocycles. The normalized spacial score (nSPS) is 10.8. The van der Waals surface area contributed by atoms with Gasteiger partial charge in [-0.3, -0.25) is 9.36 Å². The zero-order valence-corrected chi connectivity index (χ0v) is 16.0. The second kappa shape index (κ2) is 8.14. The van der Waals surface area contributed by atoms with Gasteiger partial charge in [-0.05, 0) is 36.4 Å². The van der Waals surface area contributed by atoms with E-state index < -0.39 is 0 Å². The molecular formula is C21H18N4O2S. The number of rotatable bonds is 7. The molecule has 0 aliphatic rings. The molecule has 7 heteroatoms.